The van der Waals surface area contributed by atoms with Crippen molar-refractivity contribution in [3.05, 3.63) is 35.4 Å². The zero-order valence-electron chi connectivity index (χ0n) is 10.2. The molecule has 0 saturated carbocycles. The fourth-order valence-electron chi connectivity index (χ4n) is 2.42. The Morgan fingerprint density at radius 2 is 2.21 bits per heavy atom. The minimum Gasteiger partial charge on any atom is -0.465 e. The molecule has 2 N–H and O–H groups in total. The maximum Gasteiger partial charge on any atom is 0.407 e. The third kappa shape index (κ3) is 2.84. The maximum absolute atomic E-state index is 14.0. The molecule has 1 amide bonds. The summed E-state index contributed by atoms with van der Waals surface area (Å²) in [5.41, 5.74) is 1.02. The van der Waals surface area contributed by atoms with Gasteiger partial charge in [-0.2, -0.15) is 0 Å². The molecular formula is C13H15F2NO3. The molecule has 0 aliphatic carbocycles. The molecule has 1 aliphatic rings. The predicted molar refractivity (Wildman–Crippen MR) is 64.3 cm³/mol. The third-order valence-corrected chi connectivity index (χ3v) is 3.41. The summed E-state index contributed by atoms with van der Waals surface area (Å²) in [6, 6.07) is 6.43. The fraction of sp³-hybridized carbons (Fsp3) is 0.462. The number of likely N-dealkylation sites (tertiary alicyclic amines) is 1. The van der Waals surface area contributed by atoms with Gasteiger partial charge in [-0.15, -0.1) is 0 Å². The summed E-state index contributed by atoms with van der Waals surface area (Å²) in [5, 5.41) is 17.8. The Bertz CT molecular complexity index is 479. The molecule has 0 radical (unpaired) electrons. The van der Waals surface area contributed by atoms with E-state index in [1.165, 1.54) is 0 Å². The first kappa shape index (κ1) is 13.7. The molecule has 19 heavy (non-hydrogen) atoms. The Balaban J connectivity index is 2.23. The molecule has 104 valence electrons. The molecule has 1 saturated heterocycles. The van der Waals surface area contributed by atoms with E-state index in [9.17, 15) is 13.6 Å². The minimum atomic E-state index is -3.09. The van der Waals surface area contributed by atoms with Crippen LogP contribution >= 0.6 is 0 Å². The quantitative estimate of drug-likeness (QED) is 0.867. The van der Waals surface area contributed by atoms with Gasteiger partial charge in [0.2, 0.25) is 0 Å². The van der Waals surface area contributed by atoms with E-state index in [0.29, 0.717) is 11.1 Å². The zero-order chi connectivity index (χ0) is 14.0. The van der Waals surface area contributed by atoms with Gasteiger partial charge in [0, 0.05) is 6.54 Å². The largest absolute Gasteiger partial charge is 0.465 e. The number of aliphatic hydroxyl groups excluding tert-OH is 1. The van der Waals surface area contributed by atoms with E-state index in [0.717, 1.165) is 4.90 Å². The van der Waals surface area contributed by atoms with Crippen LogP contribution in [0.1, 0.15) is 23.5 Å². The number of benzene rings is 1. The molecule has 1 aromatic rings. The standard InChI is InChI=1S/C13H15F2NO3/c14-13(15)8-16(12(18)19)5-4-11(13)10-3-1-2-9(6-10)7-17/h1-3,6,11,17H,4-5,7-8H2,(H,18,19). The Morgan fingerprint density at radius 3 is 2.79 bits per heavy atom. The molecule has 1 unspecified atom stereocenters. The van der Waals surface area contributed by atoms with E-state index in [4.69, 9.17) is 10.2 Å². The summed E-state index contributed by atoms with van der Waals surface area (Å²) in [5.74, 6) is -4.10. The summed E-state index contributed by atoms with van der Waals surface area (Å²) >= 11 is 0. The van der Waals surface area contributed by atoms with Gasteiger partial charge < -0.3 is 15.1 Å². The Labute approximate surface area is 109 Å². The third-order valence-electron chi connectivity index (χ3n) is 3.41. The van der Waals surface area contributed by atoms with E-state index < -0.39 is 24.5 Å². The normalized spacial score (nSPS) is 22.3. The highest BCUT2D eigenvalue weighted by Gasteiger charge is 2.46. The van der Waals surface area contributed by atoms with Gasteiger partial charge in [0.15, 0.2) is 0 Å². The SMILES string of the molecule is O=C(O)N1CCC(c2cccc(CO)c2)C(F)(F)C1. The molecule has 1 atom stereocenters. The van der Waals surface area contributed by atoms with E-state index >= 15 is 0 Å². The number of rotatable bonds is 2. The van der Waals surface area contributed by atoms with Gasteiger partial charge in [0.25, 0.3) is 5.92 Å². The molecule has 1 heterocycles. The molecule has 2 rings (SSSR count). The minimum absolute atomic E-state index is 0.0776. The zero-order valence-corrected chi connectivity index (χ0v) is 10.2. The van der Waals surface area contributed by atoms with Crippen LogP contribution in [0.4, 0.5) is 13.6 Å². The van der Waals surface area contributed by atoms with Gasteiger partial charge >= 0.3 is 6.09 Å². The van der Waals surface area contributed by atoms with Crippen LogP contribution < -0.4 is 0 Å². The van der Waals surface area contributed by atoms with Crippen molar-refractivity contribution in [3.63, 3.8) is 0 Å². The van der Waals surface area contributed by atoms with Crippen molar-refractivity contribution in [1.29, 1.82) is 0 Å². The highest BCUT2D eigenvalue weighted by atomic mass is 19.3. The first-order valence-corrected chi connectivity index (χ1v) is 5.99. The summed E-state index contributed by atoms with van der Waals surface area (Å²) in [6.07, 6.45) is -1.24. The second kappa shape index (κ2) is 5.13. The number of nitrogens with zero attached hydrogens (tertiary/aromatic N) is 1. The van der Waals surface area contributed by atoms with Crippen LogP contribution in [0.3, 0.4) is 0 Å². The smallest absolute Gasteiger partial charge is 0.407 e. The lowest BCUT2D eigenvalue weighted by atomic mass is 9.85. The van der Waals surface area contributed by atoms with Crippen LogP contribution in [0.2, 0.25) is 0 Å². The Hall–Kier alpha value is -1.69. The summed E-state index contributed by atoms with van der Waals surface area (Å²) in [6.45, 7) is -0.886. The highest BCUT2D eigenvalue weighted by Crippen LogP contribution is 2.40. The number of amides is 1. The van der Waals surface area contributed by atoms with E-state index in [2.05, 4.69) is 0 Å². The summed E-state index contributed by atoms with van der Waals surface area (Å²) in [7, 11) is 0. The second-order valence-electron chi connectivity index (χ2n) is 4.71. The van der Waals surface area contributed by atoms with Gasteiger partial charge in [-0.05, 0) is 17.5 Å². The number of aliphatic hydroxyl groups is 1. The molecule has 6 heteroatoms. The van der Waals surface area contributed by atoms with Gasteiger partial charge in [-0.25, -0.2) is 13.6 Å². The van der Waals surface area contributed by atoms with Crippen molar-refractivity contribution >= 4 is 6.09 Å². The average Bonchev–Trinajstić information content (AvgIpc) is 2.37. The van der Waals surface area contributed by atoms with Crippen molar-refractivity contribution in [1.82, 2.24) is 4.90 Å². The highest BCUT2D eigenvalue weighted by molar-refractivity contribution is 5.65. The molecule has 4 nitrogen and oxygen atoms in total. The number of hydrogen-bond acceptors (Lipinski definition) is 2. The molecule has 1 aliphatic heterocycles. The molecule has 1 fully saturated rings. The van der Waals surface area contributed by atoms with Gasteiger partial charge in [0.05, 0.1) is 19.1 Å². The van der Waals surface area contributed by atoms with Gasteiger partial charge in [0.1, 0.15) is 0 Å². The van der Waals surface area contributed by atoms with Crippen molar-refractivity contribution in [2.45, 2.75) is 24.9 Å². The van der Waals surface area contributed by atoms with E-state index in [1.54, 1.807) is 24.3 Å². The first-order valence-electron chi connectivity index (χ1n) is 5.99. The number of hydrogen-bond donors (Lipinski definition) is 2. The lowest BCUT2D eigenvalue weighted by Gasteiger charge is -2.37. The molecule has 0 spiro atoms. The van der Waals surface area contributed by atoms with E-state index in [1.807, 2.05) is 0 Å². The molecular weight excluding hydrogens is 256 g/mol. The Kier molecular flexibility index (Phi) is 3.71. The van der Waals surface area contributed by atoms with Gasteiger partial charge in [-0.1, -0.05) is 24.3 Å². The van der Waals surface area contributed by atoms with Crippen molar-refractivity contribution in [3.8, 4) is 0 Å². The van der Waals surface area contributed by atoms with Crippen molar-refractivity contribution in [2.24, 2.45) is 0 Å². The van der Waals surface area contributed by atoms with Crippen LogP contribution in [0.25, 0.3) is 0 Å². The average molecular weight is 271 g/mol. The predicted octanol–water partition coefficient (Wildman–Crippen LogP) is 2.28. The number of piperidine rings is 1. The van der Waals surface area contributed by atoms with Crippen molar-refractivity contribution in [2.75, 3.05) is 13.1 Å². The fourth-order valence-corrected chi connectivity index (χ4v) is 2.42. The van der Waals surface area contributed by atoms with Crippen LogP contribution in [-0.2, 0) is 6.61 Å². The number of halogens is 2. The molecule has 0 bridgehead atoms. The summed E-state index contributed by atoms with van der Waals surface area (Å²) in [4.78, 5) is 11.5. The lowest BCUT2D eigenvalue weighted by molar-refractivity contribution is -0.0761. The van der Waals surface area contributed by atoms with Crippen LogP contribution in [0.5, 0.6) is 0 Å². The van der Waals surface area contributed by atoms with Crippen LogP contribution in [-0.4, -0.2) is 40.2 Å². The summed E-state index contributed by atoms with van der Waals surface area (Å²) < 4.78 is 28.1. The second-order valence-corrected chi connectivity index (χ2v) is 4.71. The van der Waals surface area contributed by atoms with Crippen molar-refractivity contribution < 1.29 is 23.8 Å². The monoisotopic (exact) mass is 271 g/mol. The first-order chi connectivity index (χ1) is 8.94. The number of alkyl halides is 2. The Morgan fingerprint density at radius 1 is 1.47 bits per heavy atom. The topological polar surface area (TPSA) is 60.8 Å². The van der Waals surface area contributed by atoms with Crippen LogP contribution in [0.15, 0.2) is 24.3 Å². The number of carboxylic acid groups (broad SMARTS) is 1. The van der Waals surface area contributed by atoms with E-state index in [-0.39, 0.29) is 19.6 Å². The van der Waals surface area contributed by atoms with Gasteiger partial charge in [-0.3, -0.25) is 0 Å². The maximum atomic E-state index is 14.0. The number of carbonyl (C=O) groups is 1. The van der Waals surface area contributed by atoms with Crippen LogP contribution in [0, 0.1) is 0 Å². The molecule has 1 aromatic carbocycles. The molecule has 0 aromatic heterocycles. The lowest BCUT2D eigenvalue weighted by Crippen LogP contribution is -2.49.